The van der Waals surface area contributed by atoms with Gasteiger partial charge in [0.15, 0.2) is 0 Å². The molecular formula is C14H16IN3O3. The van der Waals surface area contributed by atoms with Gasteiger partial charge in [0.05, 0.1) is 23.2 Å². The van der Waals surface area contributed by atoms with Crippen molar-refractivity contribution in [2.75, 3.05) is 18.4 Å². The third-order valence-electron chi connectivity index (χ3n) is 2.84. The molecule has 0 spiro atoms. The fourth-order valence-corrected chi connectivity index (χ4v) is 2.21. The molecular weight excluding hydrogens is 385 g/mol. The van der Waals surface area contributed by atoms with Crippen LogP contribution in [0.15, 0.2) is 18.2 Å². The number of aromatic carboxylic acids is 1. The second-order valence-corrected chi connectivity index (χ2v) is 5.74. The fraction of sp³-hybridized carbons (Fsp3) is 0.357. The van der Waals surface area contributed by atoms with Gasteiger partial charge in [-0.05, 0) is 54.6 Å². The van der Waals surface area contributed by atoms with Gasteiger partial charge in [-0.3, -0.25) is 0 Å². The number of carbonyl (C=O) groups is 2. The van der Waals surface area contributed by atoms with Crippen molar-refractivity contribution in [1.29, 1.82) is 5.26 Å². The van der Waals surface area contributed by atoms with Crippen LogP contribution in [0.1, 0.15) is 24.2 Å². The lowest BCUT2D eigenvalue weighted by Gasteiger charge is -2.22. The molecule has 0 radical (unpaired) electrons. The molecule has 0 aliphatic rings. The number of hydrogen-bond donors (Lipinski definition) is 2. The van der Waals surface area contributed by atoms with E-state index in [4.69, 9.17) is 5.26 Å². The number of nitrogens with zero attached hydrogens (tertiary/aromatic N) is 2. The van der Waals surface area contributed by atoms with Crippen LogP contribution in [-0.2, 0) is 0 Å². The van der Waals surface area contributed by atoms with E-state index < -0.39 is 12.0 Å². The lowest BCUT2D eigenvalue weighted by molar-refractivity contribution is 0.0698. The highest BCUT2D eigenvalue weighted by Gasteiger charge is 2.18. The monoisotopic (exact) mass is 401 g/mol. The molecule has 1 aromatic carbocycles. The van der Waals surface area contributed by atoms with Crippen LogP contribution in [0.5, 0.6) is 0 Å². The van der Waals surface area contributed by atoms with Gasteiger partial charge in [-0.1, -0.05) is 0 Å². The Morgan fingerprint density at radius 2 is 2.19 bits per heavy atom. The highest BCUT2D eigenvalue weighted by molar-refractivity contribution is 14.1. The van der Waals surface area contributed by atoms with Gasteiger partial charge < -0.3 is 15.3 Å². The van der Waals surface area contributed by atoms with E-state index in [1.807, 2.05) is 22.6 Å². The number of rotatable bonds is 5. The third kappa shape index (κ3) is 4.90. The van der Waals surface area contributed by atoms with Crippen molar-refractivity contribution in [2.45, 2.75) is 13.8 Å². The molecule has 0 aliphatic heterocycles. The number of carboxylic acids is 1. The normalized spacial score (nSPS) is 11.3. The van der Waals surface area contributed by atoms with Gasteiger partial charge in [0.2, 0.25) is 0 Å². The zero-order valence-corrected chi connectivity index (χ0v) is 13.9. The molecule has 0 bridgehead atoms. The molecule has 1 atom stereocenters. The Morgan fingerprint density at radius 1 is 1.52 bits per heavy atom. The lowest BCUT2D eigenvalue weighted by Crippen LogP contribution is -2.37. The number of carboxylic acid groups (broad SMARTS) is 1. The number of amides is 2. The van der Waals surface area contributed by atoms with Gasteiger partial charge >= 0.3 is 12.0 Å². The van der Waals surface area contributed by atoms with E-state index in [1.54, 1.807) is 26.0 Å². The number of benzene rings is 1. The Hall–Kier alpha value is -1.82. The van der Waals surface area contributed by atoms with Crippen molar-refractivity contribution in [2.24, 2.45) is 5.92 Å². The molecule has 0 heterocycles. The summed E-state index contributed by atoms with van der Waals surface area (Å²) in [6.45, 7) is 4.26. The zero-order valence-electron chi connectivity index (χ0n) is 11.8. The summed E-state index contributed by atoms with van der Waals surface area (Å²) in [6.07, 6.45) is 0. The van der Waals surface area contributed by atoms with E-state index in [9.17, 15) is 14.7 Å². The first-order valence-electron chi connectivity index (χ1n) is 6.37. The zero-order chi connectivity index (χ0) is 16.0. The van der Waals surface area contributed by atoms with E-state index in [-0.39, 0.29) is 17.2 Å². The van der Waals surface area contributed by atoms with Crippen molar-refractivity contribution in [3.8, 4) is 6.07 Å². The maximum Gasteiger partial charge on any atom is 0.337 e. The molecule has 0 saturated carbocycles. The first kappa shape index (κ1) is 17.2. The number of anilines is 1. The molecule has 112 valence electrons. The molecule has 21 heavy (non-hydrogen) atoms. The number of halogens is 1. The van der Waals surface area contributed by atoms with Crippen LogP contribution >= 0.6 is 22.6 Å². The van der Waals surface area contributed by atoms with Crippen molar-refractivity contribution >= 4 is 40.3 Å². The number of nitriles is 1. The van der Waals surface area contributed by atoms with Crippen molar-refractivity contribution < 1.29 is 14.7 Å². The second-order valence-electron chi connectivity index (χ2n) is 4.49. The minimum absolute atomic E-state index is 0.0413. The predicted molar refractivity (Wildman–Crippen MR) is 87.2 cm³/mol. The van der Waals surface area contributed by atoms with Crippen LogP contribution in [0.3, 0.4) is 0 Å². The molecule has 2 amide bonds. The highest BCUT2D eigenvalue weighted by Crippen LogP contribution is 2.19. The summed E-state index contributed by atoms with van der Waals surface area (Å²) >= 11 is 2.01. The molecule has 1 aromatic rings. The van der Waals surface area contributed by atoms with Gasteiger partial charge in [0.1, 0.15) is 0 Å². The lowest BCUT2D eigenvalue weighted by atomic mass is 10.2. The molecule has 1 unspecified atom stereocenters. The molecule has 0 fully saturated rings. The molecule has 7 heteroatoms. The summed E-state index contributed by atoms with van der Waals surface area (Å²) < 4.78 is 0.772. The summed E-state index contributed by atoms with van der Waals surface area (Å²) in [4.78, 5) is 24.8. The third-order valence-corrected chi connectivity index (χ3v) is 3.51. The van der Waals surface area contributed by atoms with E-state index >= 15 is 0 Å². The number of hydrogen-bond acceptors (Lipinski definition) is 3. The minimum Gasteiger partial charge on any atom is -0.478 e. The largest absolute Gasteiger partial charge is 0.478 e. The van der Waals surface area contributed by atoms with Gasteiger partial charge in [-0.15, -0.1) is 0 Å². The Morgan fingerprint density at radius 3 is 2.71 bits per heavy atom. The number of nitrogens with one attached hydrogen (secondary N) is 1. The van der Waals surface area contributed by atoms with E-state index in [0.717, 1.165) is 3.57 Å². The van der Waals surface area contributed by atoms with E-state index in [1.165, 1.54) is 11.0 Å². The molecule has 6 nitrogen and oxygen atoms in total. The maximum atomic E-state index is 12.2. The van der Waals surface area contributed by atoms with Crippen LogP contribution in [0.2, 0.25) is 0 Å². The topological polar surface area (TPSA) is 93.4 Å². The van der Waals surface area contributed by atoms with Gasteiger partial charge in [0, 0.05) is 16.7 Å². The van der Waals surface area contributed by atoms with Crippen LogP contribution in [0, 0.1) is 20.8 Å². The Kier molecular flexibility index (Phi) is 6.42. The van der Waals surface area contributed by atoms with Crippen LogP contribution in [-0.4, -0.2) is 35.1 Å². The van der Waals surface area contributed by atoms with E-state index in [2.05, 4.69) is 11.4 Å². The summed E-state index contributed by atoms with van der Waals surface area (Å²) in [5.41, 5.74) is 0.288. The van der Waals surface area contributed by atoms with Crippen LogP contribution < -0.4 is 5.32 Å². The molecule has 1 rings (SSSR count). The highest BCUT2D eigenvalue weighted by atomic mass is 127. The average molecular weight is 401 g/mol. The van der Waals surface area contributed by atoms with Gasteiger partial charge in [-0.25, -0.2) is 9.59 Å². The Bertz CT molecular complexity index is 583. The smallest absolute Gasteiger partial charge is 0.337 e. The van der Waals surface area contributed by atoms with Crippen LogP contribution in [0.4, 0.5) is 10.5 Å². The summed E-state index contributed by atoms with van der Waals surface area (Å²) in [6, 6.07) is 6.43. The quantitative estimate of drug-likeness (QED) is 0.742. The van der Waals surface area contributed by atoms with Gasteiger partial charge in [0.25, 0.3) is 0 Å². The SMILES string of the molecule is CCN(CC(C)C#N)C(=O)Nc1ccc(I)cc1C(=O)O. The Balaban J connectivity index is 2.92. The standard InChI is InChI=1S/C14H16IN3O3/c1-3-18(8-9(2)7-16)14(21)17-12-5-4-10(15)6-11(12)13(19)20/h4-6,9H,3,8H2,1-2H3,(H,17,21)(H,19,20). The first-order chi connectivity index (χ1) is 9.88. The summed E-state index contributed by atoms with van der Waals surface area (Å²) in [7, 11) is 0. The first-order valence-corrected chi connectivity index (χ1v) is 7.45. The van der Waals surface area contributed by atoms with Crippen LogP contribution in [0.25, 0.3) is 0 Å². The minimum atomic E-state index is -1.10. The van der Waals surface area contributed by atoms with Crippen molar-refractivity contribution in [3.05, 3.63) is 27.3 Å². The summed E-state index contributed by atoms with van der Waals surface area (Å²) in [5, 5.41) is 20.6. The predicted octanol–water partition coefficient (Wildman–Crippen LogP) is 3.00. The molecule has 0 aliphatic carbocycles. The second kappa shape index (κ2) is 7.83. The van der Waals surface area contributed by atoms with Gasteiger partial charge in [-0.2, -0.15) is 5.26 Å². The number of urea groups is 1. The fourth-order valence-electron chi connectivity index (χ4n) is 1.72. The molecule has 0 saturated heterocycles. The average Bonchev–Trinajstić information content (AvgIpc) is 2.45. The number of carbonyl (C=O) groups excluding carboxylic acids is 1. The molecule has 0 aromatic heterocycles. The van der Waals surface area contributed by atoms with Crippen molar-refractivity contribution in [3.63, 3.8) is 0 Å². The van der Waals surface area contributed by atoms with Crippen molar-refractivity contribution in [1.82, 2.24) is 4.90 Å². The molecule has 2 N–H and O–H groups in total. The Labute approximate surface area is 136 Å². The van der Waals surface area contributed by atoms with E-state index in [0.29, 0.717) is 13.1 Å². The summed E-state index contributed by atoms with van der Waals surface area (Å²) in [5.74, 6) is -1.39. The maximum absolute atomic E-state index is 12.2.